The summed E-state index contributed by atoms with van der Waals surface area (Å²) in [5.74, 6) is 0.410. The second kappa shape index (κ2) is 10.2. The van der Waals surface area contributed by atoms with Crippen molar-refractivity contribution in [3.63, 3.8) is 0 Å². The van der Waals surface area contributed by atoms with Gasteiger partial charge in [-0.2, -0.15) is 0 Å². The third-order valence-electron chi connectivity index (χ3n) is 5.75. The van der Waals surface area contributed by atoms with Gasteiger partial charge < -0.3 is 15.4 Å². The lowest BCUT2D eigenvalue weighted by Crippen LogP contribution is -2.38. The number of aromatic nitrogens is 2. The van der Waals surface area contributed by atoms with E-state index in [-0.39, 0.29) is 22.0 Å². The van der Waals surface area contributed by atoms with Gasteiger partial charge in [-0.25, -0.2) is 14.6 Å². The molecule has 0 unspecified atom stereocenters. The summed E-state index contributed by atoms with van der Waals surface area (Å²) in [6.45, 7) is 8.23. The SMILES string of the molecule is CCNC(=O)Nc1cccc(-n2c([C@@H]3CCCN3C(=O)OC(C)(C)C)nc3cccc(Cl)c3c2=O)c1. The van der Waals surface area contributed by atoms with E-state index in [1.54, 1.807) is 47.4 Å². The van der Waals surface area contributed by atoms with E-state index in [4.69, 9.17) is 21.3 Å². The molecular formula is C26H30ClN5O4. The summed E-state index contributed by atoms with van der Waals surface area (Å²) < 4.78 is 7.11. The van der Waals surface area contributed by atoms with Crippen molar-refractivity contribution in [1.82, 2.24) is 19.8 Å². The lowest BCUT2D eigenvalue weighted by Gasteiger charge is -2.29. The van der Waals surface area contributed by atoms with E-state index in [2.05, 4.69) is 10.6 Å². The quantitative estimate of drug-likeness (QED) is 0.497. The Hall–Kier alpha value is -3.59. The van der Waals surface area contributed by atoms with Crippen LogP contribution in [0.15, 0.2) is 47.3 Å². The van der Waals surface area contributed by atoms with Crippen molar-refractivity contribution in [2.75, 3.05) is 18.4 Å². The van der Waals surface area contributed by atoms with Gasteiger partial charge in [-0.3, -0.25) is 14.3 Å². The number of halogens is 1. The fourth-order valence-electron chi connectivity index (χ4n) is 4.31. The molecule has 1 saturated heterocycles. The summed E-state index contributed by atoms with van der Waals surface area (Å²) in [4.78, 5) is 45.4. The zero-order valence-electron chi connectivity index (χ0n) is 20.8. The van der Waals surface area contributed by atoms with Crippen molar-refractivity contribution in [1.29, 1.82) is 0 Å². The Bertz CT molecular complexity index is 1360. The summed E-state index contributed by atoms with van der Waals surface area (Å²) in [6, 6.07) is 11.2. The largest absolute Gasteiger partial charge is 0.444 e. The molecule has 3 amide bonds. The fourth-order valence-corrected chi connectivity index (χ4v) is 4.56. The minimum atomic E-state index is -0.659. The molecule has 0 spiro atoms. The number of benzene rings is 2. The summed E-state index contributed by atoms with van der Waals surface area (Å²) in [5.41, 5.74) is 0.437. The fraction of sp³-hybridized carbons (Fsp3) is 0.385. The number of hydrogen-bond donors (Lipinski definition) is 2. The smallest absolute Gasteiger partial charge is 0.410 e. The Balaban J connectivity index is 1.88. The van der Waals surface area contributed by atoms with Crippen LogP contribution in [0, 0.1) is 0 Å². The van der Waals surface area contributed by atoms with Crippen molar-refractivity contribution in [2.24, 2.45) is 0 Å². The maximum atomic E-state index is 13.9. The Kier molecular flexibility index (Phi) is 7.21. The van der Waals surface area contributed by atoms with E-state index in [1.807, 2.05) is 27.7 Å². The topological polar surface area (TPSA) is 106 Å². The number of carbonyl (C=O) groups is 2. The lowest BCUT2D eigenvalue weighted by atomic mass is 10.1. The first kappa shape index (κ1) is 25.5. The minimum absolute atomic E-state index is 0.284. The normalized spacial score (nSPS) is 15.7. The molecule has 190 valence electrons. The number of fused-ring (bicyclic) bond motifs is 1. The molecule has 2 heterocycles. The first-order chi connectivity index (χ1) is 17.1. The van der Waals surface area contributed by atoms with Crippen LogP contribution < -0.4 is 16.2 Å². The number of ether oxygens (including phenoxy) is 1. The van der Waals surface area contributed by atoms with Gasteiger partial charge in [0.15, 0.2) is 0 Å². The molecule has 4 rings (SSSR count). The molecule has 1 aliphatic rings. The van der Waals surface area contributed by atoms with Gasteiger partial charge in [0, 0.05) is 18.8 Å². The van der Waals surface area contributed by atoms with Gasteiger partial charge in [-0.1, -0.05) is 23.7 Å². The molecule has 0 saturated carbocycles. The van der Waals surface area contributed by atoms with Crippen LogP contribution in [0.3, 0.4) is 0 Å². The van der Waals surface area contributed by atoms with Crippen molar-refractivity contribution < 1.29 is 14.3 Å². The highest BCUT2D eigenvalue weighted by atomic mass is 35.5. The molecular weight excluding hydrogens is 482 g/mol. The van der Waals surface area contributed by atoms with Gasteiger partial charge in [0.2, 0.25) is 0 Å². The maximum Gasteiger partial charge on any atom is 0.410 e. The Morgan fingerprint density at radius 2 is 1.94 bits per heavy atom. The third-order valence-corrected chi connectivity index (χ3v) is 6.07. The molecule has 1 aromatic heterocycles. The van der Waals surface area contributed by atoms with Gasteiger partial charge in [0.25, 0.3) is 5.56 Å². The van der Waals surface area contributed by atoms with Crippen LogP contribution in [-0.4, -0.2) is 45.3 Å². The molecule has 0 radical (unpaired) electrons. The van der Waals surface area contributed by atoms with E-state index >= 15 is 0 Å². The average molecular weight is 512 g/mol. The molecule has 36 heavy (non-hydrogen) atoms. The van der Waals surface area contributed by atoms with E-state index in [9.17, 15) is 14.4 Å². The van der Waals surface area contributed by atoms with Crippen molar-refractivity contribution in [3.8, 4) is 5.69 Å². The first-order valence-electron chi connectivity index (χ1n) is 11.9. The summed E-state index contributed by atoms with van der Waals surface area (Å²) in [5, 5.41) is 6.02. The predicted octanol–water partition coefficient (Wildman–Crippen LogP) is 5.25. The van der Waals surface area contributed by atoms with Crippen LogP contribution in [0.25, 0.3) is 16.6 Å². The lowest BCUT2D eigenvalue weighted by molar-refractivity contribution is 0.0216. The number of rotatable bonds is 4. The number of carbonyl (C=O) groups excluding carboxylic acids is 2. The molecule has 1 aliphatic heterocycles. The average Bonchev–Trinajstić information content (AvgIpc) is 3.28. The van der Waals surface area contributed by atoms with Crippen LogP contribution in [-0.2, 0) is 4.74 Å². The highest BCUT2D eigenvalue weighted by molar-refractivity contribution is 6.35. The molecule has 0 aliphatic carbocycles. The second-order valence-corrected chi connectivity index (χ2v) is 10.0. The van der Waals surface area contributed by atoms with Gasteiger partial charge >= 0.3 is 12.1 Å². The molecule has 0 bridgehead atoms. The number of nitrogens with zero attached hydrogens (tertiary/aromatic N) is 3. The number of nitrogens with one attached hydrogen (secondary N) is 2. The monoisotopic (exact) mass is 511 g/mol. The zero-order valence-corrected chi connectivity index (χ0v) is 21.6. The summed E-state index contributed by atoms with van der Waals surface area (Å²) in [7, 11) is 0. The van der Waals surface area contributed by atoms with E-state index < -0.39 is 17.7 Å². The van der Waals surface area contributed by atoms with Crippen LogP contribution in [0.5, 0.6) is 0 Å². The zero-order chi connectivity index (χ0) is 26.0. The van der Waals surface area contributed by atoms with Gasteiger partial charge in [0.1, 0.15) is 11.4 Å². The van der Waals surface area contributed by atoms with Crippen LogP contribution in [0.4, 0.5) is 15.3 Å². The van der Waals surface area contributed by atoms with Crippen LogP contribution >= 0.6 is 11.6 Å². The standard InChI is InChI=1S/C26H30ClN5O4/c1-5-28-24(34)29-16-9-6-10-17(15-16)32-22(30-19-12-7-11-18(27)21(19)23(32)33)20-13-8-14-31(20)25(35)36-26(2,3)4/h6-7,9-12,15,20H,5,8,13-14H2,1-4H3,(H2,28,29,34)/t20-/m0/s1. The Morgan fingerprint density at radius 3 is 2.67 bits per heavy atom. The third kappa shape index (κ3) is 5.31. The van der Waals surface area contributed by atoms with E-state index in [0.717, 1.165) is 6.42 Å². The molecule has 1 atom stereocenters. The minimum Gasteiger partial charge on any atom is -0.444 e. The van der Waals surface area contributed by atoms with Crippen molar-refractivity contribution >= 4 is 40.3 Å². The van der Waals surface area contributed by atoms with E-state index in [1.165, 1.54) is 4.57 Å². The Labute approximate surface area is 214 Å². The van der Waals surface area contributed by atoms with Gasteiger partial charge in [0.05, 0.1) is 27.7 Å². The number of amides is 3. The molecule has 10 heteroatoms. The Morgan fingerprint density at radius 1 is 1.19 bits per heavy atom. The first-order valence-corrected chi connectivity index (χ1v) is 12.3. The van der Waals surface area contributed by atoms with Crippen LogP contribution in [0.2, 0.25) is 5.02 Å². The van der Waals surface area contributed by atoms with Crippen molar-refractivity contribution in [2.45, 2.75) is 52.2 Å². The van der Waals surface area contributed by atoms with Crippen molar-refractivity contribution in [3.05, 3.63) is 63.7 Å². The predicted molar refractivity (Wildman–Crippen MR) is 140 cm³/mol. The second-order valence-electron chi connectivity index (χ2n) is 9.61. The van der Waals surface area contributed by atoms with Crippen LogP contribution in [0.1, 0.15) is 52.4 Å². The number of hydrogen-bond acceptors (Lipinski definition) is 5. The number of anilines is 1. The summed E-state index contributed by atoms with van der Waals surface area (Å²) >= 11 is 6.42. The maximum absolute atomic E-state index is 13.9. The summed E-state index contributed by atoms with van der Waals surface area (Å²) in [6.07, 6.45) is 0.907. The van der Waals surface area contributed by atoms with Gasteiger partial charge in [-0.15, -0.1) is 0 Å². The van der Waals surface area contributed by atoms with Gasteiger partial charge in [-0.05, 0) is 70.9 Å². The number of urea groups is 1. The highest BCUT2D eigenvalue weighted by Gasteiger charge is 2.36. The molecule has 1 fully saturated rings. The van der Waals surface area contributed by atoms with E-state index in [0.29, 0.717) is 42.2 Å². The molecule has 3 aromatic rings. The number of likely N-dealkylation sites (tertiary alicyclic amines) is 1. The molecule has 2 aromatic carbocycles. The molecule has 2 N–H and O–H groups in total. The highest BCUT2D eigenvalue weighted by Crippen LogP contribution is 2.34. The molecule has 9 nitrogen and oxygen atoms in total.